The van der Waals surface area contributed by atoms with Crippen molar-refractivity contribution in [1.29, 1.82) is 5.41 Å². The first-order valence-corrected chi connectivity index (χ1v) is 5.31. The van der Waals surface area contributed by atoms with Crippen molar-refractivity contribution >= 4 is 11.3 Å². The van der Waals surface area contributed by atoms with Gasteiger partial charge in [-0.2, -0.15) is 0 Å². The Hall–Kier alpha value is -1.43. The summed E-state index contributed by atoms with van der Waals surface area (Å²) < 4.78 is 1.73. The minimum absolute atomic E-state index is 0.443. The van der Waals surface area contributed by atoms with Crippen molar-refractivity contribution in [1.82, 2.24) is 4.57 Å². The zero-order valence-electron chi connectivity index (χ0n) is 7.92. The number of aliphatic hydroxyl groups excluding tert-OH is 1. The Morgan fingerprint density at radius 2 is 2.27 bits per heavy atom. The summed E-state index contributed by atoms with van der Waals surface area (Å²) in [5.74, 6) is 0. The molecule has 78 valence electrons. The van der Waals surface area contributed by atoms with Crippen LogP contribution in [0, 0.1) is 5.41 Å². The van der Waals surface area contributed by atoms with Gasteiger partial charge in [-0.25, -0.2) is 0 Å². The van der Waals surface area contributed by atoms with Gasteiger partial charge in [0.1, 0.15) is 6.23 Å². The zero-order valence-corrected chi connectivity index (χ0v) is 8.74. The van der Waals surface area contributed by atoms with Crippen molar-refractivity contribution in [2.75, 3.05) is 0 Å². The highest BCUT2D eigenvalue weighted by molar-refractivity contribution is 7.07. The fourth-order valence-electron chi connectivity index (χ4n) is 1.34. The number of hydrogen-bond acceptors (Lipinski definition) is 4. The molecular weight excluding hydrogens is 210 g/mol. The molecule has 1 heterocycles. The van der Waals surface area contributed by atoms with E-state index in [4.69, 9.17) is 11.1 Å². The van der Waals surface area contributed by atoms with Gasteiger partial charge >= 0.3 is 0 Å². The van der Waals surface area contributed by atoms with E-state index >= 15 is 0 Å². The molecule has 0 aliphatic heterocycles. The van der Waals surface area contributed by atoms with Crippen LogP contribution < -0.4 is 10.5 Å². The molecule has 0 spiro atoms. The topological polar surface area (TPSA) is 75.0 Å². The molecule has 0 radical (unpaired) electrons. The first kappa shape index (κ1) is 10.1. The Morgan fingerprint density at radius 1 is 1.47 bits per heavy atom. The minimum atomic E-state index is -0.974. The Morgan fingerprint density at radius 3 is 2.87 bits per heavy atom. The number of aromatic nitrogens is 1. The average Bonchev–Trinajstić information content (AvgIpc) is 2.64. The average molecular weight is 221 g/mol. The van der Waals surface area contributed by atoms with Crippen molar-refractivity contribution in [2.45, 2.75) is 6.23 Å². The van der Waals surface area contributed by atoms with E-state index in [1.165, 1.54) is 11.3 Å². The summed E-state index contributed by atoms with van der Waals surface area (Å²) in [6.07, 6.45) is 0.841. The smallest absolute Gasteiger partial charge is 0.186 e. The van der Waals surface area contributed by atoms with Gasteiger partial charge in [-0.3, -0.25) is 9.98 Å². The first-order chi connectivity index (χ1) is 7.18. The number of nitrogens with zero attached hydrogens (tertiary/aromatic N) is 1. The Labute approximate surface area is 90.7 Å². The van der Waals surface area contributed by atoms with E-state index in [9.17, 15) is 5.11 Å². The molecular formula is C10H11N3OS. The molecule has 0 saturated heterocycles. The summed E-state index contributed by atoms with van der Waals surface area (Å²) in [5, 5.41) is 18.7. The third-order valence-corrected chi connectivity index (χ3v) is 2.78. The summed E-state index contributed by atoms with van der Waals surface area (Å²) in [5.41, 5.74) is 6.86. The van der Waals surface area contributed by atoms with Crippen LogP contribution in [0.4, 0.5) is 0 Å². The largest absolute Gasteiger partial charge is 0.375 e. The molecule has 2 rings (SSSR count). The molecule has 1 aromatic carbocycles. The summed E-state index contributed by atoms with van der Waals surface area (Å²) in [7, 11) is 0. The van der Waals surface area contributed by atoms with Crippen LogP contribution in [0.3, 0.4) is 0 Å². The lowest BCUT2D eigenvalue weighted by Gasteiger charge is -2.07. The van der Waals surface area contributed by atoms with Crippen LogP contribution in [0.1, 0.15) is 11.8 Å². The third kappa shape index (κ3) is 1.99. The van der Waals surface area contributed by atoms with Gasteiger partial charge < -0.3 is 10.8 Å². The van der Waals surface area contributed by atoms with Crippen LogP contribution in [0.15, 0.2) is 35.8 Å². The number of benzene rings is 1. The molecule has 0 amide bonds. The van der Waals surface area contributed by atoms with Crippen molar-refractivity contribution in [3.8, 4) is 5.69 Å². The normalized spacial score (nSPS) is 12.7. The molecule has 0 fully saturated rings. The van der Waals surface area contributed by atoms with Gasteiger partial charge in [-0.15, -0.1) is 11.3 Å². The second-order valence-electron chi connectivity index (χ2n) is 3.12. The Balaban J connectivity index is 2.50. The van der Waals surface area contributed by atoms with E-state index in [-0.39, 0.29) is 0 Å². The van der Waals surface area contributed by atoms with Gasteiger partial charge in [-0.1, -0.05) is 12.1 Å². The fourth-order valence-corrected chi connectivity index (χ4v) is 1.93. The molecule has 1 aromatic heterocycles. The first-order valence-electron chi connectivity index (χ1n) is 4.43. The van der Waals surface area contributed by atoms with Crippen LogP contribution in [-0.2, 0) is 0 Å². The van der Waals surface area contributed by atoms with Crippen LogP contribution in [-0.4, -0.2) is 9.67 Å². The standard InChI is InChI=1S/C10H11N3OS/c11-9(14)7-2-1-3-8(6-7)13-4-5-15-10(13)12/h1-6,9,12,14H,11H2. The molecule has 0 bridgehead atoms. The molecule has 0 saturated carbocycles. The van der Waals surface area contributed by atoms with E-state index in [1.807, 2.05) is 23.7 Å². The highest BCUT2D eigenvalue weighted by Gasteiger charge is 2.03. The Bertz CT molecular complexity index is 515. The summed E-state index contributed by atoms with van der Waals surface area (Å²) >= 11 is 1.35. The van der Waals surface area contributed by atoms with Gasteiger partial charge in [0, 0.05) is 17.3 Å². The second kappa shape index (κ2) is 3.98. The highest BCUT2D eigenvalue weighted by Crippen LogP contribution is 2.13. The van der Waals surface area contributed by atoms with Crippen LogP contribution >= 0.6 is 11.3 Å². The number of rotatable bonds is 2. The maximum absolute atomic E-state index is 9.24. The highest BCUT2D eigenvalue weighted by atomic mass is 32.1. The predicted molar refractivity (Wildman–Crippen MR) is 58.6 cm³/mol. The third-order valence-electron chi connectivity index (χ3n) is 2.10. The SMILES string of the molecule is N=c1sccn1-c1cccc(C(N)O)c1. The number of hydrogen-bond donors (Lipinski definition) is 3. The lowest BCUT2D eigenvalue weighted by Crippen LogP contribution is -2.12. The molecule has 1 unspecified atom stereocenters. The molecule has 15 heavy (non-hydrogen) atoms. The summed E-state index contributed by atoms with van der Waals surface area (Å²) in [6, 6.07) is 7.21. The zero-order chi connectivity index (χ0) is 10.8. The maximum atomic E-state index is 9.24. The van der Waals surface area contributed by atoms with Gasteiger partial charge in [0.2, 0.25) is 0 Å². The van der Waals surface area contributed by atoms with Crippen molar-refractivity contribution in [3.05, 3.63) is 46.2 Å². The van der Waals surface area contributed by atoms with Crippen molar-refractivity contribution in [3.63, 3.8) is 0 Å². The second-order valence-corrected chi connectivity index (χ2v) is 4.01. The predicted octanol–water partition coefficient (Wildman–Crippen LogP) is 0.968. The van der Waals surface area contributed by atoms with Gasteiger partial charge in [0.25, 0.3) is 0 Å². The molecule has 0 aliphatic rings. The fraction of sp³-hybridized carbons (Fsp3) is 0.100. The van der Waals surface area contributed by atoms with Crippen molar-refractivity contribution < 1.29 is 5.11 Å². The van der Waals surface area contributed by atoms with E-state index in [2.05, 4.69) is 0 Å². The molecule has 2 aromatic rings. The van der Waals surface area contributed by atoms with Crippen LogP contribution in [0.2, 0.25) is 0 Å². The van der Waals surface area contributed by atoms with E-state index < -0.39 is 6.23 Å². The molecule has 1 atom stereocenters. The van der Waals surface area contributed by atoms with Crippen molar-refractivity contribution in [2.24, 2.45) is 5.73 Å². The molecule has 4 nitrogen and oxygen atoms in total. The number of nitrogens with one attached hydrogen (secondary N) is 1. The summed E-state index contributed by atoms with van der Waals surface area (Å²) in [4.78, 5) is 0.443. The molecule has 5 heteroatoms. The number of aliphatic hydroxyl groups is 1. The molecule has 4 N–H and O–H groups in total. The monoisotopic (exact) mass is 221 g/mol. The molecule has 0 aliphatic carbocycles. The Kier molecular flexibility index (Phi) is 2.68. The van der Waals surface area contributed by atoms with E-state index in [0.717, 1.165) is 5.69 Å². The van der Waals surface area contributed by atoms with E-state index in [1.54, 1.807) is 16.7 Å². The number of nitrogens with two attached hydrogens (primary N) is 1. The quantitative estimate of drug-likeness (QED) is 0.661. The van der Waals surface area contributed by atoms with Crippen LogP contribution in [0.5, 0.6) is 0 Å². The lowest BCUT2D eigenvalue weighted by molar-refractivity contribution is 0.186. The number of thiazole rings is 1. The van der Waals surface area contributed by atoms with E-state index in [0.29, 0.717) is 10.4 Å². The van der Waals surface area contributed by atoms with Gasteiger partial charge in [-0.05, 0) is 17.7 Å². The lowest BCUT2D eigenvalue weighted by atomic mass is 10.2. The maximum Gasteiger partial charge on any atom is 0.186 e. The van der Waals surface area contributed by atoms with Gasteiger partial charge in [0.15, 0.2) is 4.80 Å². The van der Waals surface area contributed by atoms with Gasteiger partial charge in [0.05, 0.1) is 0 Å². The minimum Gasteiger partial charge on any atom is -0.375 e. The summed E-state index contributed by atoms with van der Waals surface area (Å²) in [6.45, 7) is 0. The van der Waals surface area contributed by atoms with Crippen LogP contribution in [0.25, 0.3) is 5.69 Å².